The molecule has 0 unspecified atom stereocenters. The van der Waals surface area contributed by atoms with Crippen LogP contribution in [-0.4, -0.2) is 0 Å². The molecule has 0 aromatic heterocycles. The first-order chi connectivity index (χ1) is 2.89. The molecule has 6 heavy (non-hydrogen) atoms. The van der Waals surface area contributed by atoms with Crippen LogP contribution in [-0.2, 0) is 0 Å². The van der Waals surface area contributed by atoms with Crippen LogP contribution in [0.25, 0.3) is 0 Å². The van der Waals surface area contributed by atoms with E-state index in [0.29, 0.717) is 0 Å². The molecule has 31 valence electrons. The quantitative estimate of drug-likeness (QED) is 0.414. The zero-order chi connectivity index (χ0) is 4.41. The van der Waals surface area contributed by atoms with Gasteiger partial charge < -0.3 is 0 Å². The largest absolute Gasteiger partial charge is 0.0798 e. The molecule has 0 heterocycles. The summed E-state index contributed by atoms with van der Waals surface area (Å²) in [6.07, 6.45) is 8.33. The molecule has 0 aromatic carbocycles. The molecule has 0 atom stereocenters. The monoisotopic (exact) mass is 79.1 g/mol. The van der Waals surface area contributed by atoms with Crippen molar-refractivity contribution in [3.8, 4) is 0 Å². The van der Waals surface area contributed by atoms with Gasteiger partial charge in [-0.3, -0.25) is 0 Å². The highest BCUT2D eigenvalue weighted by atomic mass is 13.9. The fourth-order valence-corrected chi connectivity index (χ4v) is 0.515. The molecule has 0 heteroatoms. The first kappa shape index (κ1) is 3.66. The Morgan fingerprint density at radius 3 is 2.83 bits per heavy atom. The molecule has 0 N–H and O–H groups in total. The van der Waals surface area contributed by atoms with E-state index in [1.54, 1.807) is 0 Å². The van der Waals surface area contributed by atoms with E-state index in [1.807, 2.05) is 0 Å². The molecule has 0 nitrogen and oxygen atoms in total. The minimum Gasteiger partial charge on any atom is -0.0798 e. The minimum absolute atomic E-state index is 1.02. The van der Waals surface area contributed by atoms with Crippen molar-refractivity contribution in [3.63, 3.8) is 0 Å². The second kappa shape index (κ2) is 1.29. The number of allylic oxidation sites excluding steroid dienone is 4. The van der Waals surface area contributed by atoms with Crippen molar-refractivity contribution >= 4 is 0 Å². The molecule has 0 spiro atoms. The highest BCUT2D eigenvalue weighted by Gasteiger charge is 1.85. The predicted molar refractivity (Wildman–Crippen MR) is 26.2 cm³/mol. The van der Waals surface area contributed by atoms with Gasteiger partial charge in [-0.1, -0.05) is 12.2 Å². The zero-order valence-corrected chi connectivity index (χ0v) is 3.86. The lowest BCUT2D eigenvalue weighted by molar-refractivity contribution is 1.36. The lowest BCUT2D eigenvalue weighted by Crippen LogP contribution is -1.53. The Balaban J connectivity index is 2.68. The van der Waals surface area contributed by atoms with Gasteiger partial charge in [0.15, 0.2) is 0 Å². The van der Waals surface area contributed by atoms with E-state index < -0.39 is 0 Å². The fraction of sp³-hybridized carbons (Fsp3) is 0.333. The molecular formula is C6H7. The maximum atomic E-state index is 3.12. The van der Waals surface area contributed by atoms with Crippen LogP contribution in [0.2, 0.25) is 0 Å². The van der Waals surface area contributed by atoms with Crippen molar-refractivity contribution < 1.29 is 0 Å². The molecule has 0 saturated heterocycles. The van der Waals surface area contributed by atoms with Crippen LogP contribution in [0, 0.1) is 6.08 Å². The van der Waals surface area contributed by atoms with Crippen LogP contribution < -0.4 is 0 Å². The maximum Gasteiger partial charge on any atom is -0.00887 e. The third-order valence-electron chi connectivity index (χ3n) is 0.867. The van der Waals surface area contributed by atoms with Gasteiger partial charge in [0.2, 0.25) is 0 Å². The van der Waals surface area contributed by atoms with Crippen LogP contribution in [0.3, 0.4) is 0 Å². The van der Waals surface area contributed by atoms with Gasteiger partial charge in [0, 0.05) is 0 Å². The van der Waals surface area contributed by atoms with Crippen molar-refractivity contribution in [2.24, 2.45) is 0 Å². The van der Waals surface area contributed by atoms with E-state index >= 15 is 0 Å². The summed E-state index contributed by atoms with van der Waals surface area (Å²) in [5.41, 5.74) is 1.27. The zero-order valence-electron chi connectivity index (χ0n) is 3.86. The topological polar surface area (TPSA) is 0 Å². The van der Waals surface area contributed by atoms with Crippen molar-refractivity contribution in [1.82, 2.24) is 0 Å². The third-order valence-corrected chi connectivity index (χ3v) is 0.867. The molecule has 0 aromatic rings. The van der Waals surface area contributed by atoms with Gasteiger partial charge in [0.1, 0.15) is 0 Å². The van der Waals surface area contributed by atoms with Crippen LogP contribution in [0.4, 0.5) is 0 Å². The van der Waals surface area contributed by atoms with Crippen molar-refractivity contribution in [2.45, 2.75) is 13.3 Å². The summed E-state index contributed by atoms with van der Waals surface area (Å²) in [5, 5.41) is 0. The Morgan fingerprint density at radius 1 is 1.83 bits per heavy atom. The second-order valence-corrected chi connectivity index (χ2v) is 1.47. The van der Waals surface area contributed by atoms with Crippen LogP contribution >= 0.6 is 0 Å². The molecule has 0 fully saturated rings. The standard InChI is InChI=1S/C6H7/c1-6-4-2-3-5-6/h2,4H,3H2,1H3. The average Bonchev–Trinajstić information content (AvgIpc) is 1.86. The summed E-state index contributed by atoms with van der Waals surface area (Å²) in [5.74, 6) is 0. The Hall–Kier alpha value is -0.520. The van der Waals surface area contributed by atoms with Crippen LogP contribution in [0.5, 0.6) is 0 Å². The lowest BCUT2D eigenvalue weighted by atomic mass is 10.3. The van der Waals surface area contributed by atoms with E-state index in [2.05, 4.69) is 25.2 Å². The summed E-state index contributed by atoms with van der Waals surface area (Å²) in [7, 11) is 0. The summed E-state index contributed by atoms with van der Waals surface area (Å²) >= 11 is 0. The molecule has 1 aliphatic rings. The average molecular weight is 79.1 g/mol. The summed E-state index contributed by atoms with van der Waals surface area (Å²) < 4.78 is 0. The molecule has 0 amide bonds. The van der Waals surface area contributed by atoms with Crippen molar-refractivity contribution in [3.05, 3.63) is 23.8 Å². The number of hydrogen-bond donors (Lipinski definition) is 0. The van der Waals surface area contributed by atoms with Gasteiger partial charge in [0.05, 0.1) is 0 Å². The molecule has 1 aliphatic carbocycles. The second-order valence-electron chi connectivity index (χ2n) is 1.47. The van der Waals surface area contributed by atoms with Crippen LogP contribution in [0.15, 0.2) is 17.7 Å². The Labute approximate surface area is 38.2 Å². The molecule has 0 aliphatic heterocycles. The first-order valence-corrected chi connectivity index (χ1v) is 2.13. The Kier molecular flexibility index (Phi) is 0.789. The van der Waals surface area contributed by atoms with E-state index in [4.69, 9.17) is 0 Å². The number of hydrogen-bond acceptors (Lipinski definition) is 0. The van der Waals surface area contributed by atoms with Crippen LogP contribution in [0.1, 0.15) is 13.3 Å². The highest BCUT2D eigenvalue weighted by molar-refractivity contribution is 5.19. The van der Waals surface area contributed by atoms with Gasteiger partial charge in [-0.25, -0.2) is 0 Å². The SMILES string of the molecule is CC1=[C]CC=C1. The smallest absolute Gasteiger partial charge is 0.00887 e. The van der Waals surface area contributed by atoms with Gasteiger partial charge >= 0.3 is 0 Å². The van der Waals surface area contributed by atoms with E-state index in [1.165, 1.54) is 5.57 Å². The summed E-state index contributed by atoms with van der Waals surface area (Å²) in [6.45, 7) is 2.06. The van der Waals surface area contributed by atoms with Gasteiger partial charge in [-0.05, 0) is 25.0 Å². The third kappa shape index (κ3) is 0.510. The van der Waals surface area contributed by atoms with Crippen molar-refractivity contribution in [1.29, 1.82) is 0 Å². The molecule has 1 radical (unpaired) electrons. The van der Waals surface area contributed by atoms with Crippen molar-refractivity contribution in [2.75, 3.05) is 0 Å². The molecule has 1 rings (SSSR count). The minimum atomic E-state index is 1.02. The molecular weight excluding hydrogens is 72.1 g/mol. The highest BCUT2D eigenvalue weighted by Crippen LogP contribution is 2.04. The van der Waals surface area contributed by atoms with E-state index in [0.717, 1.165) is 6.42 Å². The number of rotatable bonds is 0. The van der Waals surface area contributed by atoms with E-state index in [-0.39, 0.29) is 0 Å². The lowest BCUT2D eigenvalue weighted by Gasteiger charge is -1.71. The maximum absolute atomic E-state index is 3.12. The van der Waals surface area contributed by atoms with Gasteiger partial charge in [-0.15, -0.1) is 0 Å². The Morgan fingerprint density at radius 2 is 2.67 bits per heavy atom. The van der Waals surface area contributed by atoms with Gasteiger partial charge in [0.25, 0.3) is 0 Å². The summed E-state index contributed by atoms with van der Waals surface area (Å²) in [4.78, 5) is 0. The Bertz CT molecular complexity index is 93.9. The normalized spacial score (nSPS) is 18.5. The first-order valence-electron chi connectivity index (χ1n) is 2.13. The van der Waals surface area contributed by atoms with E-state index in [9.17, 15) is 0 Å². The fourth-order valence-electron chi connectivity index (χ4n) is 0.515. The molecule has 0 saturated carbocycles. The summed E-state index contributed by atoms with van der Waals surface area (Å²) in [6, 6.07) is 0. The van der Waals surface area contributed by atoms with Gasteiger partial charge in [-0.2, -0.15) is 0 Å². The predicted octanol–water partition coefficient (Wildman–Crippen LogP) is 1.70. The molecule has 0 bridgehead atoms.